The summed E-state index contributed by atoms with van der Waals surface area (Å²) in [5.41, 5.74) is 1.26. The van der Waals surface area contributed by atoms with Gasteiger partial charge >= 0.3 is 6.18 Å². The first kappa shape index (κ1) is 22.9. The van der Waals surface area contributed by atoms with Crippen molar-refractivity contribution in [3.05, 3.63) is 58.9 Å². The third-order valence-corrected chi connectivity index (χ3v) is 4.60. The van der Waals surface area contributed by atoms with Crippen molar-refractivity contribution < 1.29 is 35.9 Å². The van der Waals surface area contributed by atoms with Gasteiger partial charge in [0.15, 0.2) is 23.3 Å². The molecule has 0 aliphatic carbocycles. The van der Waals surface area contributed by atoms with Crippen LogP contribution in [0, 0.1) is 23.0 Å². The highest BCUT2D eigenvalue weighted by atomic mass is 19.4. The number of benzene rings is 1. The van der Waals surface area contributed by atoms with E-state index < -0.39 is 65.7 Å². The fourth-order valence-corrected chi connectivity index (χ4v) is 3.07. The molecule has 0 bridgehead atoms. The highest BCUT2D eigenvalue weighted by Gasteiger charge is 2.52. The van der Waals surface area contributed by atoms with E-state index in [1.165, 1.54) is 12.1 Å². The molecule has 2 aromatic rings. The second kappa shape index (κ2) is 8.37. The number of nitrogens with two attached hydrogens (primary N) is 1. The number of alkyl halides is 4. The average molecular weight is 457 g/mol. The minimum Gasteiger partial charge on any atom is -0.451 e. The molecule has 2 atom stereocenters. The summed E-state index contributed by atoms with van der Waals surface area (Å²) >= 11 is 0. The zero-order chi connectivity index (χ0) is 23.7. The van der Waals surface area contributed by atoms with Crippen molar-refractivity contribution in [3.63, 3.8) is 0 Å². The fraction of sp³-hybridized carbons (Fsp3) is 0.263. The van der Waals surface area contributed by atoms with Crippen LogP contribution in [0.1, 0.15) is 28.0 Å². The van der Waals surface area contributed by atoms with E-state index in [0.29, 0.717) is 6.07 Å². The van der Waals surface area contributed by atoms with Crippen LogP contribution >= 0.6 is 0 Å². The van der Waals surface area contributed by atoms with Gasteiger partial charge in [-0.2, -0.15) is 18.4 Å². The summed E-state index contributed by atoms with van der Waals surface area (Å²) in [6, 6.07) is 1.99. The number of rotatable bonds is 4. The van der Waals surface area contributed by atoms with Crippen molar-refractivity contribution in [1.29, 1.82) is 5.26 Å². The first-order valence-electron chi connectivity index (χ1n) is 8.81. The molecule has 168 valence electrons. The third kappa shape index (κ3) is 4.43. The average Bonchev–Trinajstić information content (AvgIpc) is 2.75. The number of pyridine rings is 1. The number of aliphatic imine (C=N–C) groups is 1. The van der Waals surface area contributed by atoms with E-state index in [1.54, 1.807) is 6.07 Å². The molecule has 1 aromatic carbocycles. The lowest BCUT2D eigenvalue weighted by molar-refractivity contribution is -0.167. The minimum absolute atomic E-state index is 0.162. The molecule has 0 unspecified atom stereocenters. The maximum Gasteiger partial charge on any atom is 0.411 e. The summed E-state index contributed by atoms with van der Waals surface area (Å²) in [7, 11) is 0. The lowest BCUT2D eigenvalue weighted by atomic mass is 9.86. The summed E-state index contributed by atoms with van der Waals surface area (Å²) in [6.45, 7) is -1.69. The summed E-state index contributed by atoms with van der Waals surface area (Å²) in [6.07, 6.45) is -5.06. The second-order valence-electron chi connectivity index (χ2n) is 6.78. The van der Waals surface area contributed by atoms with Crippen molar-refractivity contribution in [1.82, 2.24) is 4.98 Å². The van der Waals surface area contributed by atoms with Gasteiger partial charge in [-0.15, -0.1) is 0 Å². The molecule has 0 spiro atoms. The lowest BCUT2D eigenvalue weighted by Gasteiger charge is -2.38. The molecule has 0 saturated heterocycles. The van der Waals surface area contributed by atoms with Gasteiger partial charge < -0.3 is 15.8 Å². The number of nitrogens with one attached hydrogen (secondary N) is 1. The van der Waals surface area contributed by atoms with Crippen LogP contribution in [0.4, 0.5) is 32.0 Å². The summed E-state index contributed by atoms with van der Waals surface area (Å²) in [4.78, 5) is 19.1. The summed E-state index contributed by atoms with van der Waals surface area (Å²) in [5, 5.41) is 10.9. The van der Waals surface area contributed by atoms with Crippen LogP contribution < -0.4 is 11.1 Å². The van der Waals surface area contributed by atoms with E-state index in [2.05, 4.69) is 15.3 Å². The van der Waals surface area contributed by atoms with Crippen molar-refractivity contribution >= 4 is 17.6 Å². The molecule has 0 saturated carbocycles. The van der Waals surface area contributed by atoms with Gasteiger partial charge in [-0.3, -0.25) is 4.79 Å². The highest BCUT2D eigenvalue weighted by Crippen LogP contribution is 2.42. The SMILES string of the molecule is N#Cc1ccc(C(=O)Nc2cc(F)c(F)c([C@]3(CF)C[C@@H](C(F)(F)F)N=C(N)O3)c2)nc1. The van der Waals surface area contributed by atoms with Crippen LogP contribution in [-0.2, 0) is 10.3 Å². The molecule has 3 N–H and O–H groups in total. The van der Waals surface area contributed by atoms with Crippen molar-refractivity contribution in [2.24, 2.45) is 10.7 Å². The van der Waals surface area contributed by atoms with E-state index in [9.17, 15) is 31.1 Å². The number of amides is 1. The maximum atomic E-state index is 14.6. The zero-order valence-electron chi connectivity index (χ0n) is 15.9. The van der Waals surface area contributed by atoms with E-state index in [4.69, 9.17) is 15.7 Å². The Morgan fingerprint density at radius 1 is 1.34 bits per heavy atom. The second-order valence-corrected chi connectivity index (χ2v) is 6.78. The van der Waals surface area contributed by atoms with Gasteiger partial charge in [-0.05, 0) is 18.2 Å². The number of nitrogens with zero attached hydrogens (tertiary/aromatic N) is 3. The molecule has 0 radical (unpaired) electrons. The van der Waals surface area contributed by atoms with Crippen molar-refractivity contribution in [2.45, 2.75) is 24.2 Å². The van der Waals surface area contributed by atoms with E-state index in [-0.39, 0.29) is 11.3 Å². The monoisotopic (exact) mass is 457 g/mol. The van der Waals surface area contributed by atoms with E-state index in [0.717, 1.165) is 12.3 Å². The number of aromatic nitrogens is 1. The van der Waals surface area contributed by atoms with Crippen LogP contribution in [0.3, 0.4) is 0 Å². The van der Waals surface area contributed by atoms with Crippen LogP contribution in [0.25, 0.3) is 0 Å². The van der Waals surface area contributed by atoms with Crippen LogP contribution in [-0.4, -0.2) is 35.8 Å². The van der Waals surface area contributed by atoms with Gasteiger partial charge in [0.05, 0.1) is 5.56 Å². The van der Waals surface area contributed by atoms with Gasteiger partial charge in [0.25, 0.3) is 11.9 Å². The molecule has 7 nitrogen and oxygen atoms in total. The molecule has 1 aromatic heterocycles. The van der Waals surface area contributed by atoms with Crippen LogP contribution in [0.15, 0.2) is 35.5 Å². The van der Waals surface area contributed by atoms with Gasteiger partial charge in [0.2, 0.25) is 0 Å². The minimum atomic E-state index is -4.95. The Kier molecular flexibility index (Phi) is 5.98. The topological polar surface area (TPSA) is 113 Å². The number of hydrogen-bond donors (Lipinski definition) is 2. The molecule has 3 rings (SSSR count). The number of anilines is 1. The number of nitriles is 1. The Morgan fingerprint density at radius 3 is 2.62 bits per heavy atom. The highest BCUT2D eigenvalue weighted by molar-refractivity contribution is 6.02. The molecular weight excluding hydrogens is 444 g/mol. The van der Waals surface area contributed by atoms with Crippen LogP contribution in [0.2, 0.25) is 0 Å². The quantitative estimate of drug-likeness (QED) is 0.684. The lowest BCUT2D eigenvalue weighted by Crippen LogP contribution is -2.49. The molecular formula is C19H13F6N5O2. The van der Waals surface area contributed by atoms with E-state index in [1.807, 2.05) is 0 Å². The Hall–Kier alpha value is -3.82. The van der Waals surface area contributed by atoms with Gasteiger partial charge in [0, 0.05) is 29.9 Å². The third-order valence-electron chi connectivity index (χ3n) is 4.60. The molecule has 1 aliphatic rings. The number of carbonyl (C=O) groups excluding carboxylic acids is 1. The largest absolute Gasteiger partial charge is 0.451 e. The molecule has 1 aliphatic heterocycles. The zero-order valence-corrected chi connectivity index (χ0v) is 15.9. The molecule has 2 heterocycles. The van der Waals surface area contributed by atoms with Gasteiger partial charge in [0.1, 0.15) is 18.4 Å². The number of ether oxygens (including phenoxy) is 1. The first-order chi connectivity index (χ1) is 15.0. The summed E-state index contributed by atoms with van der Waals surface area (Å²) in [5.74, 6) is -4.15. The standard InChI is InChI=1S/C19H13F6N5O2/c20-8-18(5-14(19(23,24)25)30-17(27)32-18)11-3-10(4-12(21)15(11)22)29-16(31)13-2-1-9(6-26)7-28-13/h1-4,7,14H,5,8H2,(H2,27,30)(H,29,31)/t14-,18+/m0/s1. The van der Waals surface area contributed by atoms with Crippen LogP contribution in [0.5, 0.6) is 0 Å². The summed E-state index contributed by atoms with van der Waals surface area (Å²) < 4.78 is 87.3. The Morgan fingerprint density at radius 2 is 2.06 bits per heavy atom. The Bertz CT molecular complexity index is 1110. The first-order valence-corrected chi connectivity index (χ1v) is 8.81. The predicted molar refractivity (Wildman–Crippen MR) is 98.1 cm³/mol. The molecule has 0 fully saturated rings. The molecule has 1 amide bonds. The number of halogens is 6. The Labute approximate surface area is 176 Å². The van der Waals surface area contributed by atoms with Gasteiger partial charge in [-0.25, -0.2) is 23.1 Å². The molecule has 13 heteroatoms. The molecule has 32 heavy (non-hydrogen) atoms. The van der Waals surface area contributed by atoms with Gasteiger partial charge in [-0.1, -0.05) is 0 Å². The van der Waals surface area contributed by atoms with E-state index >= 15 is 0 Å². The number of hydrogen-bond acceptors (Lipinski definition) is 6. The van der Waals surface area contributed by atoms with Crippen molar-refractivity contribution in [2.75, 3.05) is 12.0 Å². The maximum absolute atomic E-state index is 14.6. The fourth-order valence-electron chi connectivity index (χ4n) is 3.07. The normalized spacial score (nSPS) is 20.7. The smallest absolute Gasteiger partial charge is 0.411 e. The number of amidine groups is 1. The predicted octanol–water partition coefficient (Wildman–Crippen LogP) is 3.31. The van der Waals surface area contributed by atoms with Crippen molar-refractivity contribution in [3.8, 4) is 6.07 Å². The number of carbonyl (C=O) groups is 1. The Balaban J connectivity index is 1.99.